The van der Waals surface area contributed by atoms with Gasteiger partial charge in [-0.2, -0.15) is 0 Å². The zero-order valence-electron chi connectivity index (χ0n) is 35.6. The Balaban J connectivity index is 0.930. The molecular weight excluding hydrogens is 805 g/mol. The van der Waals surface area contributed by atoms with Gasteiger partial charge in [0.2, 0.25) is 0 Å². The van der Waals surface area contributed by atoms with Crippen molar-refractivity contribution in [2.45, 2.75) is 0 Å². The molecule has 308 valence electrons. The molecule has 0 spiro atoms. The standard InChI is InChI=1S/C60H38N6/c1-61-55-37-46(41-27-29-43(30-28-41)54-40-53(42-17-7-3-8-18-42)63-60(64-54)45-19-9-4-10-20-45)38-56(62-2)59(55)44-31-33-49(34-32-44)66-57-26-16-15-25-51(57)52-39-50(35-36-58(52)66)65(47-21-11-5-12-22-47)48-23-13-6-14-24-48/h3-40H. The fourth-order valence-electron chi connectivity index (χ4n) is 8.91. The second-order valence-electron chi connectivity index (χ2n) is 16.0. The fraction of sp³-hybridized carbons (Fsp3) is 0. The first-order chi connectivity index (χ1) is 32.6. The molecule has 0 fully saturated rings. The third-order valence-corrected chi connectivity index (χ3v) is 12.0. The molecule has 66 heavy (non-hydrogen) atoms. The van der Waals surface area contributed by atoms with Crippen LogP contribution in [0.3, 0.4) is 0 Å². The number of fused-ring (bicyclic) bond motifs is 3. The quantitative estimate of drug-likeness (QED) is 0.136. The van der Waals surface area contributed by atoms with Crippen molar-refractivity contribution in [1.82, 2.24) is 14.5 Å². The average molecular weight is 843 g/mol. The monoisotopic (exact) mass is 842 g/mol. The second-order valence-corrected chi connectivity index (χ2v) is 16.0. The van der Waals surface area contributed by atoms with E-state index in [0.29, 0.717) is 22.8 Å². The van der Waals surface area contributed by atoms with Gasteiger partial charge in [0.1, 0.15) is 0 Å². The molecule has 0 saturated heterocycles. The molecule has 0 saturated carbocycles. The van der Waals surface area contributed by atoms with Gasteiger partial charge in [-0.15, -0.1) is 0 Å². The zero-order chi connectivity index (χ0) is 44.4. The fourth-order valence-corrected chi connectivity index (χ4v) is 8.91. The lowest BCUT2D eigenvalue weighted by Gasteiger charge is -2.25. The lowest BCUT2D eigenvalue weighted by Crippen LogP contribution is -2.09. The molecular formula is C60H38N6. The molecule has 0 bridgehead atoms. The van der Waals surface area contributed by atoms with Crippen LogP contribution in [-0.2, 0) is 0 Å². The van der Waals surface area contributed by atoms with E-state index in [1.165, 1.54) is 0 Å². The predicted molar refractivity (Wildman–Crippen MR) is 271 cm³/mol. The van der Waals surface area contributed by atoms with Gasteiger partial charge in [0, 0.05) is 50.2 Å². The molecule has 9 aromatic carbocycles. The van der Waals surface area contributed by atoms with E-state index in [-0.39, 0.29) is 0 Å². The first-order valence-corrected chi connectivity index (χ1v) is 21.7. The normalized spacial score (nSPS) is 11.0. The Morgan fingerprint density at radius 1 is 0.364 bits per heavy atom. The minimum Gasteiger partial charge on any atom is -0.310 e. The molecule has 2 heterocycles. The van der Waals surface area contributed by atoms with Gasteiger partial charge in [-0.3, -0.25) is 0 Å². The highest BCUT2D eigenvalue weighted by atomic mass is 15.1. The summed E-state index contributed by atoms with van der Waals surface area (Å²) < 4.78 is 2.29. The maximum atomic E-state index is 8.29. The number of nitrogens with zero attached hydrogens (tertiary/aromatic N) is 6. The Kier molecular flexibility index (Phi) is 10.2. The van der Waals surface area contributed by atoms with E-state index in [2.05, 4.69) is 134 Å². The minimum atomic E-state index is 0.428. The van der Waals surface area contributed by atoms with Crippen LogP contribution in [0.1, 0.15) is 0 Å². The van der Waals surface area contributed by atoms with Crippen LogP contribution < -0.4 is 4.90 Å². The van der Waals surface area contributed by atoms with Crippen LogP contribution in [0, 0.1) is 13.1 Å². The summed E-state index contributed by atoms with van der Waals surface area (Å²) in [5.41, 5.74) is 14.9. The molecule has 0 amide bonds. The topological polar surface area (TPSA) is 42.7 Å². The van der Waals surface area contributed by atoms with Gasteiger partial charge in [0.05, 0.1) is 35.6 Å². The molecule has 6 nitrogen and oxygen atoms in total. The minimum absolute atomic E-state index is 0.428. The van der Waals surface area contributed by atoms with E-state index in [1.54, 1.807) is 0 Å². The highest BCUT2D eigenvalue weighted by Crippen LogP contribution is 2.44. The summed E-state index contributed by atoms with van der Waals surface area (Å²) in [4.78, 5) is 20.2. The van der Waals surface area contributed by atoms with Crippen LogP contribution in [0.15, 0.2) is 231 Å². The van der Waals surface area contributed by atoms with E-state index in [0.717, 1.165) is 89.3 Å². The first kappa shape index (κ1) is 39.5. The van der Waals surface area contributed by atoms with Gasteiger partial charge < -0.3 is 9.47 Å². The van der Waals surface area contributed by atoms with Gasteiger partial charge >= 0.3 is 0 Å². The summed E-state index contributed by atoms with van der Waals surface area (Å²) in [6.45, 7) is 16.6. The van der Waals surface area contributed by atoms with Crippen molar-refractivity contribution in [2.75, 3.05) is 4.90 Å². The molecule has 0 N–H and O–H groups in total. The number of benzene rings is 9. The van der Waals surface area contributed by atoms with Crippen molar-refractivity contribution >= 4 is 50.2 Å². The van der Waals surface area contributed by atoms with E-state index < -0.39 is 0 Å². The highest BCUT2D eigenvalue weighted by Gasteiger charge is 2.19. The van der Waals surface area contributed by atoms with Gasteiger partial charge in [-0.1, -0.05) is 164 Å². The predicted octanol–water partition coefficient (Wildman–Crippen LogP) is 16.5. The SMILES string of the molecule is [C-]#[N+]c1cc(-c2ccc(-c3cc(-c4ccccc4)nc(-c4ccccc4)n3)cc2)cc([N+]#[C-])c1-c1ccc(-n2c3ccccc3c3cc(N(c4ccccc4)c4ccccc4)ccc32)cc1. The molecule has 0 aliphatic heterocycles. The number of rotatable bonds is 9. The van der Waals surface area contributed by atoms with Crippen molar-refractivity contribution in [1.29, 1.82) is 0 Å². The average Bonchev–Trinajstić information content (AvgIpc) is 3.73. The maximum Gasteiger partial charge on any atom is 0.185 e. The number of para-hydroxylation sites is 3. The molecule has 0 aliphatic carbocycles. The zero-order valence-corrected chi connectivity index (χ0v) is 35.6. The number of hydrogen-bond donors (Lipinski definition) is 0. The Morgan fingerprint density at radius 3 is 1.44 bits per heavy atom. The summed E-state index contributed by atoms with van der Waals surface area (Å²) in [6.07, 6.45) is 0. The number of aromatic nitrogens is 3. The summed E-state index contributed by atoms with van der Waals surface area (Å²) in [5.74, 6) is 0.654. The van der Waals surface area contributed by atoms with E-state index in [9.17, 15) is 0 Å². The maximum absolute atomic E-state index is 8.29. The van der Waals surface area contributed by atoms with Crippen molar-refractivity contribution < 1.29 is 0 Å². The van der Waals surface area contributed by atoms with Crippen LogP contribution >= 0.6 is 0 Å². The summed E-state index contributed by atoms with van der Waals surface area (Å²) in [6, 6.07) is 78.4. The Morgan fingerprint density at radius 2 is 0.848 bits per heavy atom. The van der Waals surface area contributed by atoms with Crippen LogP contribution in [0.25, 0.3) is 93.3 Å². The smallest absolute Gasteiger partial charge is 0.185 e. The Labute approximate surface area is 383 Å². The van der Waals surface area contributed by atoms with Crippen molar-refractivity contribution in [2.24, 2.45) is 0 Å². The van der Waals surface area contributed by atoms with Crippen molar-refractivity contribution in [3.63, 3.8) is 0 Å². The van der Waals surface area contributed by atoms with Crippen molar-refractivity contribution in [3.05, 3.63) is 253 Å². The number of hydrogen-bond acceptors (Lipinski definition) is 3. The van der Waals surface area contributed by atoms with Gasteiger partial charge in [0.25, 0.3) is 0 Å². The Hall–Kier alpha value is -9.36. The first-order valence-electron chi connectivity index (χ1n) is 21.7. The molecule has 0 radical (unpaired) electrons. The van der Waals surface area contributed by atoms with Crippen LogP contribution in [-0.4, -0.2) is 14.5 Å². The molecule has 2 aromatic heterocycles. The van der Waals surface area contributed by atoms with E-state index in [1.807, 2.05) is 115 Å². The highest BCUT2D eigenvalue weighted by molar-refractivity contribution is 6.11. The van der Waals surface area contributed by atoms with Gasteiger partial charge in [-0.05, 0) is 89.0 Å². The molecule has 6 heteroatoms. The Bertz CT molecular complexity index is 3490. The third-order valence-electron chi connectivity index (χ3n) is 12.0. The van der Waals surface area contributed by atoms with Crippen LogP contribution in [0.4, 0.5) is 28.4 Å². The third kappa shape index (κ3) is 7.31. The molecule has 11 rings (SSSR count). The van der Waals surface area contributed by atoms with Crippen LogP contribution in [0.5, 0.6) is 0 Å². The molecule has 0 unspecified atom stereocenters. The summed E-state index contributed by atoms with van der Waals surface area (Å²) in [7, 11) is 0. The van der Waals surface area contributed by atoms with Gasteiger partial charge in [-0.25, -0.2) is 19.7 Å². The molecule has 0 aliphatic rings. The van der Waals surface area contributed by atoms with Gasteiger partial charge in [0.15, 0.2) is 17.2 Å². The second kappa shape index (κ2) is 17.1. The van der Waals surface area contributed by atoms with E-state index >= 15 is 0 Å². The largest absolute Gasteiger partial charge is 0.310 e. The molecule has 0 atom stereocenters. The van der Waals surface area contributed by atoms with E-state index in [4.69, 9.17) is 23.1 Å². The number of anilines is 3. The molecule has 11 aromatic rings. The van der Waals surface area contributed by atoms with Crippen LogP contribution in [0.2, 0.25) is 0 Å². The lowest BCUT2D eigenvalue weighted by atomic mass is 9.95. The summed E-state index contributed by atoms with van der Waals surface area (Å²) in [5, 5.41) is 2.30. The summed E-state index contributed by atoms with van der Waals surface area (Å²) >= 11 is 0. The van der Waals surface area contributed by atoms with Crippen molar-refractivity contribution in [3.8, 4) is 61.8 Å². The lowest BCUT2D eigenvalue weighted by molar-refractivity contribution is 1.18.